The molecule has 2 aliphatic heterocycles. The van der Waals surface area contributed by atoms with E-state index >= 15 is 0 Å². The van der Waals surface area contributed by atoms with Crippen LogP contribution in [0.2, 0.25) is 0 Å². The number of amides is 2. The maximum Gasteiger partial charge on any atom is 0.273 e. The number of benzene rings is 3. The van der Waals surface area contributed by atoms with Gasteiger partial charge in [-0.15, -0.1) is 11.3 Å². The molecule has 0 saturated carbocycles. The Balaban J connectivity index is 1.13. The summed E-state index contributed by atoms with van der Waals surface area (Å²) in [5, 5.41) is 2.54. The highest BCUT2D eigenvalue weighted by Crippen LogP contribution is 2.34. The van der Waals surface area contributed by atoms with Crippen molar-refractivity contribution in [1.29, 1.82) is 0 Å². The van der Waals surface area contributed by atoms with Gasteiger partial charge < -0.3 is 9.64 Å². The zero-order valence-electron chi connectivity index (χ0n) is 21.8. The van der Waals surface area contributed by atoms with Crippen molar-refractivity contribution < 1.29 is 14.3 Å². The van der Waals surface area contributed by atoms with Crippen molar-refractivity contribution in [1.82, 2.24) is 14.8 Å². The second-order valence-electron chi connectivity index (χ2n) is 9.92. The quantitative estimate of drug-likeness (QED) is 0.349. The highest BCUT2D eigenvalue weighted by Gasteiger charge is 2.30. The number of rotatable bonds is 6. The van der Waals surface area contributed by atoms with Gasteiger partial charge in [0.15, 0.2) is 6.61 Å². The largest absolute Gasteiger partial charge is 0.482 e. The second-order valence-corrected chi connectivity index (χ2v) is 10.9. The summed E-state index contributed by atoms with van der Waals surface area (Å²) in [6, 6.07) is 27.0. The minimum atomic E-state index is -0.114. The first-order valence-corrected chi connectivity index (χ1v) is 14.1. The Bertz CT molecular complexity index is 1430. The summed E-state index contributed by atoms with van der Waals surface area (Å²) in [5.74, 6) is 0.527. The summed E-state index contributed by atoms with van der Waals surface area (Å²) in [6.07, 6.45) is 0. The van der Waals surface area contributed by atoms with Crippen molar-refractivity contribution in [3.8, 4) is 5.75 Å². The SMILES string of the molecule is Cc1ccc2c(c1)OCC(=O)N2Cc1nc(C(=O)N2CCN(C(c3ccccc3)c3ccccc3)CC2)cs1. The van der Waals surface area contributed by atoms with Gasteiger partial charge in [0.25, 0.3) is 11.8 Å². The summed E-state index contributed by atoms with van der Waals surface area (Å²) in [4.78, 5) is 36.7. The van der Waals surface area contributed by atoms with Gasteiger partial charge in [-0.3, -0.25) is 19.4 Å². The predicted molar refractivity (Wildman–Crippen MR) is 152 cm³/mol. The molecule has 0 spiro atoms. The Morgan fingerprint density at radius 1 is 0.949 bits per heavy atom. The van der Waals surface area contributed by atoms with Crippen molar-refractivity contribution in [2.24, 2.45) is 0 Å². The number of fused-ring (bicyclic) bond motifs is 1. The van der Waals surface area contributed by atoms with Crippen LogP contribution in [-0.2, 0) is 11.3 Å². The Hall–Kier alpha value is -4.01. The molecule has 1 fully saturated rings. The molecule has 0 aliphatic carbocycles. The molecule has 198 valence electrons. The normalized spacial score (nSPS) is 15.8. The van der Waals surface area contributed by atoms with Crippen LogP contribution in [0.5, 0.6) is 5.75 Å². The Labute approximate surface area is 232 Å². The van der Waals surface area contributed by atoms with Crippen molar-refractivity contribution >= 4 is 28.8 Å². The molecule has 4 aromatic rings. The van der Waals surface area contributed by atoms with E-state index in [-0.39, 0.29) is 24.5 Å². The van der Waals surface area contributed by atoms with Crippen molar-refractivity contribution in [2.45, 2.75) is 19.5 Å². The van der Waals surface area contributed by atoms with E-state index in [1.807, 2.05) is 47.5 Å². The minimum absolute atomic E-state index is 0.00481. The number of hydrogen-bond acceptors (Lipinski definition) is 6. The first-order chi connectivity index (χ1) is 19.1. The first-order valence-electron chi connectivity index (χ1n) is 13.2. The molecular formula is C31H30N4O3S. The summed E-state index contributed by atoms with van der Waals surface area (Å²) in [7, 11) is 0. The lowest BCUT2D eigenvalue weighted by Gasteiger charge is -2.39. The summed E-state index contributed by atoms with van der Waals surface area (Å²) in [5.41, 5.74) is 4.76. The maximum atomic E-state index is 13.4. The number of aryl methyl sites for hydroxylation is 1. The number of ether oxygens (including phenoxy) is 1. The number of piperazine rings is 1. The molecule has 0 N–H and O–H groups in total. The van der Waals surface area contributed by atoms with Gasteiger partial charge in [0.1, 0.15) is 16.5 Å². The van der Waals surface area contributed by atoms with Gasteiger partial charge in [0, 0.05) is 31.6 Å². The fourth-order valence-corrected chi connectivity index (χ4v) is 6.09. The zero-order valence-corrected chi connectivity index (χ0v) is 22.6. The van der Waals surface area contributed by atoms with Crippen LogP contribution in [-0.4, -0.2) is 59.4 Å². The predicted octanol–water partition coefficient (Wildman–Crippen LogP) is 4.92. The summed E-state index contributed by atoms with van der Waals surface area (Å²) >= 11 is 1.41. The number of aromatic nitrogens is 1. The molecule has 8 heteroatoms. The lowest BCUT2D eigenvalue weighted by atomic mass is 9.96. The molecule has 39 heavy (non-hydrogen) atoms. The smallest absolute Gasteiger partial charge is 0.273 e. The number of anilines is 1. The van der Waals surface area contributed by atoms with Gasteiger partial charge in [-0.05, 0) is 35.7 Å². The van der Waals surface area contributed by atoms with E-state index in [0.717, 1.165) is 29.3 Å². The number of carbonyl (C=O) groups excluding carboxylic acids is 2. The standard InChI is InChI=1S/C31H30N4O3S/c1-22-12-13-26-27(18-22)38-20-29(36)35(26)19-28-32-25(21-39-28)31(37)34-16-14-33(15-17-34)30(23-8-4-2-5-9-23)24-10-6-3-7-11-24/h2-13,18,21,30H,14-17,19-20H2,1H3. The van der Waals surface area contributed by atoms with E-state index in [0.29, 0.717) is 31.1 Å². The molecule has 0 radical (unpaired) electrons. The van der Waals surface area contributed by atoms with E-state index in [2.05, 4.69) is 58.4 Å². The Morgan fingerprint density at radius 2 is 1.62 bits per heavy atom. The molecule has 7 nitrogen and oxygen atoms in total. The van der Waals surface area contributed by atoms with Gasteiger partial charge in [0.2, 0.25) is 0 Å². The molecule has 3 aromatic carbocycles. The van der Waals surface area contributed by atoms with Gasteiger partial charge in [0.05, 0.1) is 18.3 Å². The third-order valence-corrected chi connectivity index (χ3v) is 8.15. The third-order valence-electron chi connectivity index (χ3n) is 7.32. The molecule has 6 rings (SSSR count). The van der Waals surface area contributed by atoms with Crippen molar-refractivity contribution in [2.75, 3.05) is 37.7 Å². The Kier molecular flexibility index (Phi) is 7.13. The lowest BCUT2D eigenvalue weighted by molar-refractivity contribution is -0.121. The molecule has 1 aromatic heterocycles. The van der Waals surface area contributed by atoms with Crippen LogP contribution in [0.15, 0.2) is 84.2 Å². The highest BCUT2D eigenvalue weighted by molar-refractivity contribution is 7.09. The molecule has 3 heterocycles. The van der Waals surface area contributed by atoms with Crippen molar-refractivity contribution in [3.63, 3.8) is 0 Å². The topological polar surface area (TPSA) is 66.0 Å². The Morgan fingerprint density at radius 3 is 2.28 bits per heavy atom. The number of carbonyl (C=O) groups is 2. The van der Waals surface area contributed by atoms with Gasteiger partial charge in [-0.25, -0.2) is 4.98 Å². The van der Waals surface area contributed by atoms with Crippen LogP contribution < -0.4 is 9.64 Å². The maximum absolute atomic E-state index is 13.4. The first kappa shape index (κ1) is 25.3. The summed E-state index contributed by atoms with van der Waals surface area (Å²) in [6.45, 7) is 5.13. The minimum Gasteiger partial charge on any atom is -0.482 e. The van der Waals surface area contributed by atoms with Crippen LogP contribution in [0, 0.1) is 6.92 Å². The van der Waals surface area contributed by atoms with Crippen LogP contribution in [0.1, 0.15) is 38.2 Å². The molecule has 1 saturated heterocycles. The highest BCUT2D eigenvalue weighted by atomic mass is 32.1. The van der Waals surface area contributed by atoms with E-state index in [1.54, 1.807) is 4.90 Å². The number of nitrogens with zero attached hydrogens (tertiary/aromatic N) is 4. The fourth-order valence-electron chi connectivity index (χ4n) is 5.33. The van der Waals surface area contributed by atoms with Crippen molar-refractivity contribution in [3.05, 3.63) is 112 Å². The van der Waals surface area contributed by atoms with Gasteiger partial charge in [-0.2, -0.15) is 0 Å². The third kappa shape index (κ3) is 5.30. The van der Waals surface area contributed by atoms with Crippen LogP contribution >= 0.6 is 11.3 Å². The lowest BCUT2D eigenvalue weighted by Crippen LogP contribution is -2.50. The van der Waals surface area contributed by atoms with Gasteiger partial charge >= 0.3 is 0 Å². The van der Waals surface area contributed by atoms with Crippen LogP contribution in [0.4, 0.5) is 5.69 Å². The summed E-state index contributed by atoms with van der Waals surface area (Å²) < 4.78 is 5.62. The second kappa shape index (κ2) is 11.0. The zero-order chi connectivity index (χ0) is 26.8. The number of hydrogen-bond donors (Lipinski definition) is 0. The number of thiazole rings is 1. The van der Waals surface area contributed by atoms with Crippen LogP contribution in [0.3, 0.4) is 0 Å². The average Bonchev–Trinajstić information content (AvgIpc) is 3.44. The van der Waals surface area contributed by atoms with Gasteiger partial charge in [-0.1, -0.05) is 66.7 Å². The van der Waals surface area contributed by atoms with E-state index in [4.69, 9.17) is 4.74 Å². The molecule has 0 unspecified atom stereocenters. The molecular weight excluding hydrogens is 508 g/mol. The fraction of sp³-hybridized carbons (Fsp3) is 0.258. The molecule has 2 amide bonds. The molecule has 0 atom stereocenters. The van der Waals surface area contributed by atoms with E-state index in [9.17, 15) is 9.59 Å². The van der Waals surface area contributed by atoms with E-state index < -0.39 is 0 Å². The average molecular weight is 539 g/mol. The molecule has 2 aliphatic rings. The monoisotopic (exact) mass is 538 g/mol. The van der Waals surface area contributed by atoms with Crippen LogP contribution in [0.25, 0.3) is 0 Å². The molecule has 0 bridgehead atoms. The van der Waals surface area contributed by atoms with E-state index in [1.165, 1.54) is 22.5 Å².